The van der Waals surface area contributed by atoms with Crippen LogP contribution in [0.3, 0.4) is 0 Å². The summed E-state index contributed by atoms with van der Waals surface area (Å²) in [7, 11) is 2.34. The Morgan fingerprint density at radius 2 is 2.00 bits per heavy atom. The van der Waals surface area contributed by atoms with Crippen molar-refractivity contribution in [3.05, 3.63) is 0 Å². The Labute approximate surface area is 98.4 Å². The molecule has 0 amide bonds. The van der Waals surface area contributed by atoms with E-state index in [0.29, 0.717) is 12.5 Å². The summed E-state index contributed by atoms with van der Waals surface area (Å²) in [6, 6.07) is 0.568. The highest BCUT2D eigenvalue weighted by Gasteiger charge is 2.45. The summed E-state index contributed by atoms with van der Waals surface area (Å²) >= 11 is 0. The van der Waals surface area contributed by atoms with E-state index in [-0.39, 0.29) is 12.1 Å². The number of hydrogen-bond donors (Lipinski definition) is 0. The molecule has 2 saturated heterocycles. The molecular formula is C13H24NO2+. The third kappa shape index (κ3) is 2.24. The fourth-order valence-electron chi connectivity index (χ4n) is 3.40. The Kier molecular flexibility index (Phi) is 3.53. The Bertz CT molecular complexity index is 263. The minimum absolute atomic E-state index is 0.0241. The number of piperidine rings is 2. The highest BCUT2D eigenvalue weighted by molar-refractivity contribution is 5.69. The number of esters is 1. The van der Waals surface area contributed by atoms with E-state index in [1.54, 1.807) is 0 Å². The predicted octanol–water partition coefficient (Wildman–Crippen LogP) is 2.10. The van der Waals surface area contributed by atoms with Gasteiger partial charge in [0.15, 0.2) is 6.10 Å². The summed E-state index contributed by atoms with van der Waals surface area (Å²) in [5, 5.41) is 0. The van der Waals surface area contributed by atoms with Crippen LogP contribution in [0.25, 0.3) is 0 Å². The van der Waals surface area contributed by atoms with Gasteiger partial charge in [-0.3, -0.25) is 4.79 Å². The van der Waals surface area contributed by atoms with Crippen molar-refractivity contribution in [1.29, 1.82) is 0 Å². The van der Waals surface area contributed by atoms with Crippen LogP contribution in [0, 0.1) is 0 Å². The number of hydrogen-bond acceptors (Lipinski definition) is 2. The molecule has 0 aromatic rings. The molecule has 2 aliphatic heterocycles. The number of likely N-dealkylation sites (N-methyl/N-ethyl adjacent to an activating group) is 1. The third-order valence-electron chi connectivity index (χ3n) is 4.38. The van der Waals surface area contributed by atoms with Crippen molar-refractivity contribution in [3.8, 4) is 0 Å². The first-order valence-electron chi connectivity index (χ1n) is 6.69. The lowest BCUT2D eigenvalue weighted by molar-refractivity contribution is -0.946. The fraction of sp³-hybridized carbons (Fsp3) is 0.923. The van der Waals surface area contributed by atoms with Gasteiger partial charge >= 0.3 is 5.97 Å². The molecule has 2 fully saturated rings. The first kappa shape index (κ1) is 11.9. The average molecular weight is 226 g/mol. The molecule has 2 rings (SSSR count). The maximum Gasteiger partial charge on any atom is 0.306 e. The minimum atomic E-state index is -0.0241. The van der Waals surface area contributed by atoms with Crippen molar-refractivity contribution in [1.82, 2.24) is 0 Å². The maximum absolute atomic E-state index is 11.4. The maximum atomic E-state index is 11.4. The molecule has 16 heavy (non-hydrogen) atoms. The molecular weight excluding hydrogens is 202 g/mol. The lowest BCUT2D eigenvalue weighted by atomic mass is 9.88. The molecule has 0 bridgehead atoms. The highest BCUT2D eigenvalue weighted by Crippen LogP contribution is 2.33. The Morgan fingerprint density at radius 3 is 2.75 bits per heavy atom. The van der Waals surface area contributed by atoms with E-state index >= 15 is 0 Å². The molecule has 0 saturated carbocycles. The second kappa shape index (κ2) is 4.74. The van der Waals surface area contributed by atoms with E-state index in [1.807, 2.05) is 6.92 Å². The normalized spacial score (nSPS) is 38.9. The van der Waals surface area contributed by atoms with Crippen LogP contribution in [0.5, 0.6) is 0 Å². The smallest absolute Gasteiger partial charge is 0.306 e. The van der Waals surface area contributed by atoms with E-state index in [0.717, 1.165) is 10.9 Å². The molecule has 0 spiro atoms. The molecule has 2 heterocycles. The summed E-state index contributed by atoms with van der Waals surface area (Å²) in [5.41, 5.74) is 0. The molecule has 1 unspecified atom stereocenters. The highest BCUT2D eigenvalue weighted by atomic mass is 16.5. The zero-order chi connectivity index (χ0) is 11.6. The number of rotatable bonds is 2. The molecule has 0 aromatic heterocycles. The van der Waals surface area contributed by atoms with Gasteiger partial charge in [0.05, 0.1) is 20.1 Å². The first-order chi connectivity index (χ1) is 7.65. The molecule has 3 nitrogen and oxygen atoms in total. The van der Waals surface area contributed by atoms with Gasteiger partial charge in [-0.05, 0) is 19.3 Å². The van der Waals surface area contributed by atoms with Crippen LogP contribution in [0.4, 0.5) is 0 Å². The van der Waals surface area contributed by atoms with Gasteiger partial charge in [0.25, 0.3) is 0 Å². The van der Waals surface area contributed by atoms with Crippen molar-refractivity contribution in [2.24, 2.45) is 0 Å². The topological polar surface area (TPSA) is 26.3 Å². The van der Waals surface area contributed by atoms with Crippen LogP contribution < -0.4 is 0 Å². The van der Waals surface area contributed by atoms with E-state index in [1.165, 1.54) is 38.8 Å². The zero-order valence-corrected chi connectivity index (χ0v) is 10.6. The van der Waals surface area contributed by atoms with Crippen molar-refractivity contribution < 1.29 is 14.0 Å². The number of nitrogens with zero attached hydrogens (tertiary/aromatic N) is 1. The molecule has 0 N–H and O–H groups in total. The van der Waals surface area contributed by atoms with Gasteiger partial charge < -0.3 is 9.22 Å². The molecule has 2 aliphatic rings. The number of carbonyl (C=O) groups is 1. The third-order valence-corrected chi connectivity index (χ3v) is 4.38. The standard InChI is InChI=1S/C13H24NO2/c1-3-13(15)16-12-8-6-10-14(2)9-5-4-7-11(12)14/h11-12H,3-10H2,1-2H3/q+1/t11-,12-,14?/m1/s1. The van der Waals surface area contributed by atoms with Gasteiger partial charge in [-0.2, -0.15) is 0 Å². The molecule has 0 radical (unpaired) electrons. The van der Waals surface area contributed by atoms with Crippen molar-refractivity contribution in [2.75, 3.05) is 20.1 Å². The molecule has 0 aromatic carbocycles. The number of fused-ring (bicyclic) bond motifs is 1. The van der Waals surface area contributed by atoms with Crippen LogP contribution in [0.2, 0.25) is 0 Å². The van der Waals surface area contributed by atoms with E-state index < -0.39 is 0 Å². The monoisotopic (exact) mass is 226 g/mol. The van der Waals surface area contributed by atoms with Gasteiger partial charge in [0.1, 0.15) is 6.04 Å². The lowest BCUT2D eigenvalue weighted by Gasteiger charge is -2.50. The van der Waals surface area contributed by atoms with Crippen LogP contribution >= 0.6 is 0 Å². The zero-order valence-electron chi connectivity index (χ0n) is 10.6. The molecule has 92 valence electrons. The van der Waals surface area contributed by atoms with Crippen molar-refractivity contribution in [2.45, 2.75) is 57.6 Å². The molecule has 0 aliphatic carbocycles. The van der Waals surface area contributed by atoms with Crippen LogP contribution in [0.1, 0.15) is 45.4 Å². The summed E-state index contributed by atoms with van der Waals surface area (Å²) in [6.45, 7) is 4.41. The Morgan fingerprint density at radius 1 is 1.25 bits per heavy atom. The number of carbonyl (C=O) groups excluding carboxylic acids is 1. The minimum Gasteiger partial charge on any atom is -0.456 e. The summed E-state index contributed by atoms with van der Waals surface area (Å²) < 4.78 is 6.76. The van der Waals surface area contributed by atoms with Gasteiger partial charge in [-0.25, -0.2) is 0 Å². The largest absolute Gasteiger partial charge is 0.456 e. The van der Waals surface area contributed by atoms with Crippen LogP contribution in [0.15, 0.2) is 0 Å². The number of ether oxygens (including phenoxy) is 1. The van der Waals surface area contributed by atoms with Gasteiger partial charge in [-0.1, -0.05) is 6.92 Å². The molecule has 3 heteroatoms. The Hall–Kier alpha value is -0.570. The summed E-state index contributed by atoms with van der Waals surface area (Å²) in [4.78, 5) is 11.4. The van der Waals surface area contributed by atoms with E-state index in [2.05, 4.69) is 7.05 Å². The first-order valence-corrected chi connectivity index (χ1v) is 6.69. The predicted molar refractivity (Wildman–Crippen MR) is 63.0 cm³/mol. The van der Waals surface area contributed by atoms with Crippen molar-refractivity contribution in [3.63, 3.8) is 0 Å². The van der Waals surface area contributed by atoms with Crippen LogP contribution in [-0.4, -0.2) is 42.7 Å². The number of quaternary nitrogens is 1. The van der Waals surface area contributed by atoms with Crippen molar-refractivity contribution >= 4 is 5.97 Å². The van der Waals surface area contributed by atoms with Gasteiger partial charge in [0, 0.05) is 19.3 Å². The average Bonchev–Trinajstić information content (AvgIpc) is 2.28. The van der Waals surface area contributed by atoms with Crippen LogP contribution in [-0.2, 0) is 9.53 Å². The second-order valence-electron chi connectivity index (χ2n) is 5.51. The quantitative estimate of drug-likeness (QED) is 0.532. The Balaban J connectivity index is 2.04. The van der Waals surface area contributed by atoms with Gasteiger partial charge in [-0.15, -0.1) is 0 Å². The van der Waals surface area contributed by atoms with Gasteiger partial charge in [0.2, 0.25) is 0 Å². The SMILES string of the molecule is CCC(=O)O[C@@H]1CCC[N+]2(C)CCCC[C@H]12. The summed E-state index contributed by atoms with van der Waals surface area (Å²) in [5.74, 6) is -0.0241. The second-order valence-corrected chi connectivity index (χ2v) is 5.51. The molecule has 3 atom stereocenters. The lowest BCUT2D eigenvalue weighted by Crippen LogP contribution is -2.63. The van der Waals surface area contributed by atoms with E-state index in [4.69, 9.17) is 4.74 Å². The van der Waals surface area contributed by atoms with E-state index in [9.17, 15) is 4.79 Å². The summed E-state index contributed by atoms with van der Waals surface area (Å²) in [6.07, 6.45) is 6.84. The fourth-order valence-corrected chi connectivity index (χ4v) is 3.40.